The molecule has 0 saturated heterocycles. The van der Waals surface area contributed by atoms with Crippen LogP contribution in [0.4, 0.5) is 0 Å². The molecule has 4 heterocycles. The van der Waals surface area contributed by atoms with E-state index < -0.39 is 0 Å². The number of carbonyl (C=O) groups excluding carboxylic acids is 1. The van der Waals surface area contributed by atoms with E-state index in [-0.39, 0.29) is 5.91 Å². The Hall–Kier alpha value is -2.52. The molecule has 4 rings (SSSR count). The summed E-state index contributed by atoms with van der Waals surface area (Å²) in [6, 6.07) is 5.91. The summed E-state index contributed by atoms with van der Waals surface area (Å²) in [6.07, 6.45) is 7.71. The van der Waals surface area contributed by atoms with Gasteiger partial charge in [0, 0.05) is 25.5 Å². The van der Waals surface area contributed by atoms with E-state index in [1.54, 1.807) is 34.4 Å². The molecule has 0 fully saturated rings. The van der Waals surface area contributed by atoms with Crippen molar-refractivity contribution >= 4 is 38.8 Å². The largest absolute Gasteiger partial charge is 0.352 e. The summed E-state index contributed by atoms with van der Waals surface area (Å²) >= 11 is 4.99. The zero-order valence-corrected chi connectivity index (χ0v) is 16.1. The molecular formula is C17H15BrN6OS. The minimum atomic E-state index is -0.169. The summed E-state index contributed by atoms with van der Waals surface area (Å²) in [5.74, 6) is -0.169. The first kappa shape index (κ1) is 16.9. The first-order valence-electron chi connectivity index (χ1n) is 8.05. The Morgan fingerprint density at radius 1 is 1.27 bits per heavy atom. The lowest BCUT2D eigenvalue weighted by Gasteiger charge is -2.05. The molecule has 132 valence electrons. The van der Waals surface area contributed by atoms with Crippen LogP contribution in [0.15, 0.2) is 52.8 Å². The Balaban J connectivity index is 1.45. The topological polar surface area (TPSA) is 77.1 Å². The molecule has 26 heavy (non-hydrogen) atoms. The summed E-state index contributed by atoms with van der Waals surface area (Å²) in [5, 5.41) is 13.5. The first-order chi connectivity index (χ1) is 12.7. The molecule has 7 nitrogen and oxygen atoms in total. The van der Waals surface area contributed by atoms with Crippen LogP contribution in [0.25, 0.3) is 16.2 Å². The first-order valence-corrected chi connectivity index (χ1v) is 9.72. The van der Waals surface area contributed by atoms with E-state index in [1.807, 2.05) is 34.5 Å². The van der Waals surface area contributed by atoms with Gasteiger partial charge in [0.1, 0.15) is 5.56 Å². The van der Waals surface area contributed by atoms with Crippen LogP contribution in [0.5, 0.6) is 0 Å². The van der Waals surface area contributed by atoms with Crippen molar-refractivity contribution in [2.45, 2.75) is 13.0 Å². The number of fused-ring (bicyclic) bond motifs is 1. The van der Waals surface area contributed by atoms with Crippen LogP contribution in [-0.4, -0.2) is 36.8 Å². The summed E-state index contributed by atoms with van der Waals surface area (Å²) in [5.41, 5.74) is 1.96. The van der Waals surface area contributed by atoms with Crippen molar-refractivity contribution in [3.63, 3.8) is 0 Å². The molecule has 0 bridgehead atoms. The summed E-state index contributed by atoms with van der Waals surface area (Å²) < 4.78 is 4.49. The van der Waals surface area contributed by atoms with Crippen LogP contribution in [0.3, 0.4) is 0 Å². The highest BCUT2D eigenvalue weighted by Gasteiger charge is 2.16. The van der Waals surface area contributed by atoms with Crippen molar-refractivity contribution in [3.8, 4) is 10.6 Å². The smallest absolute Gasteiger partial charge is 0.256 e. The van der Waals surface area contributed by atoms with Gasteiger partial charge >= 0.3 is 0 Å². The number of thiophene rings is 1. The van der Waals surface area contributed by atoms with E-state index >= 15 is 0 Å². The molecule has 0 saturated carbocycles. The molecule has 9 heteroatoms. The number of aromatic nitrogens is 5. The number of halogens is 1. The van der Waals surface area contributed by atoms with Gasteiger partial charge in [-0.05, 0) is 39.9 Å². The van der Waals surface area contributed by atoms with E-state index in [0.29, 0.717) is 17.8 Å². The lowest BCUT2D eigenvalue weighted by Crippen LogP contribution is -2.25. The lowest BCUT2D eigenvalue weighted by atomic mass is 10.3. The Morgan fingerprint density at radius 2 is 2.19 bits per heavy atom. The molecule has 0 atom stereocenters. The molecule has 0 aromatic carbocycles. The molecular weight excluding hydrogens is 416 g/mol. The third-order valence-electron chi connectivity index (χ3n) is 3.87. The normalized spacial score (nSPS) is 11.1. The van der Waals surface area contributed by atoms with Gasteiger partial charge in [-0.2, -0.15) is 10.2 Å². The molecule has 4 aromatic rings. The van der Waals surface area contributed by atoms with Crippen molar-refractivity contribution in [1.82, 2.24) is 29.7 Å². The van der Waals surface area contributed by atoms with Crippen LogP contribution >= 0.6 is 27.3 Å². The minimum absolute atomic E-state index is 0.169. The number of nitrogens with one attached hydrogen (secondary N) is 1. The minimum Gasteiger partial charge on any atom is -0.352 e. The number of amides is 1. The maximum Gasteiger partial charge on any atom is 0.256 e. The van der Waals surface area contributed by atoms with Crippen molar-refractivity contribution < 1.29 is 4.79 Å². The zero-order valence-electron chi connectivity index (χ0n) is 13.7. The van der Waals surface area contributed by atoms with E-state index in [1.165, 1.54) is 0 Å². The third kappa shape index (κ3) is 3.40. The predicted octanol–water partition coefficient (Wildman–Crippen LogP) is 3.24. The van der Waals surface area contributed by atoms with Gasteiger partial charge in [-0.3, -0.25) is 9.48 Å². The second-order valence-corrected chi connectivity index (χ2v) is 7.50. The van der Waals surface area contributed by atoms with Gasteiger partial charge in [-0.15, -0.1) is 11.3 Å². The molecule has 1 N–H and O–H groups in total. The molecule has 0 aliphatic heterocycles. The molecule has 1 amide bonds. The maximum atomic E-state index is 12.5. The predicted molar refractivity (Wildman–Crippen MR) is 103 cm³/mol. The second kappa shape index (κ2) is 7.38. The van der Waals surface area contributed by atoms with Gasteiger partial charge in [-0.25, -0.2) is 9.50 Å². The van der Waals surface area contributed by atoms with Crippen LogP contribution in [0.2, 0.25) is 0 Å². The summed E-state index contributed by atoms with van der Waals surface area (Å²) in [7, 11) is 0. The van der Waals surface area contributed by atoms with E-state index in [9.17, 15) is 4.79 Å². The van der Waals surface area contributed by atoms with Gasteiger partial charge in [0.15, 0.2) is 5.65 Å². The molecule has 0 spiro atoms. The van der Waals surface area contributed by atoms with Crippen molar-refractivity contribution in [2.24, 2.45) is 0 Å². The lowest BCUT2D eigenvalue weighted by molar-refractivity contribution is 0.0954. The molecule has 0 radical (unpaired) electrons. The average Bonchev–Trinajstić information content (AvgIpc) is 3.38. The van der Waals surface area contributed by atoms with Gasteiger partial charge in [0.05, 0.1) is 27.4 Å². The highest BCUT2D eigenvalue weighted by molar-refractivity contribution is 9.10. The molecule has 0 unspecified atom stereocenters. The summed E-state index contributed by atoms with van der Waals surface area (Å²) in [6.45, 7) is 1.29. The van der Waals surface area contributed by atoms with Gasteiger partial charge in [0.25, 0.3) is 5.91 Å². The highest BCUT2D eigenvalue weighted by Crippen LogP contribution is 2.25. The van der Waals surface area contributed by atoms with Crippen LogP contribution in [-0.2, 0) is 6.54 Å². The Labute approximate surface area is 161 Å². The zero-order chi connectivity index (χ0) is 17.9. The number of nitrogens with zero attached hydrogens (tertiary/aromatic N) is 5. The van der Waals surface area contributed by atoms with Gasteiger partial charge < -0.3 is 5.32 Å². The Kier molecular flexibility index (Phi) is 4.81. The van der Waals surface area contributed by atoms with Crippen molar-refractivity contribution in [3.05, 3.63) is 58.4 Å². The maximum absolute atomic E-state index is 12.5. The van der Waals surface area contributed by atoms with E-state index in [4.69, 9.17) is 0 Å². The van der Waals surface area contributed by atoms with Crippen molar-refractivity contribution in [2.75, 3.05) is 6.54 Å². The fourth-order valence-electron chi connectivity index (χ4n) is 2.66. The Bertz CT molecular complexity index is 1040. The Morgan fingerprint density at radius 3 is 2.96 bits per heavy atom. The summed E-state index contributed by atoms with van der Waals surface area (Å²) in [4.78, 5) is 17.9. The number of rotatable bonds is 6. The standard InChI is InChI=1S/C17H15BrN6OS/c18-12-9-21-23(11-12)7-2-5-20-17(25)13-10-22-24-14(4-6-19-16(13)24)15-3-1-8-26-15/h1,3-4,6,8-11H,2,5,7H2,(H,20,25). The van der Waals surface area contributed by atoms with Gasteiger partial charge in [-0.1, -0.05) is 6.07 Å². The molecule has 4 aromatic heterocycles. The quantitative estimate of drug-likeness (QED) is 0.476. The average molecular weight is 431 g/mol. The SMILES string of the molecule is O=C(NCCCn1cc(Br)cn1)c1cnn2c(-c3cccs3)ccnc12. The number of hydrogen-bond donors (Lipinski definition) is 1. The van der Waals surface area contributed by atoms with Crippen LogP contribution < -0.4 is 5.32 Å². The number of carbonyl (C=O) groups is 1. The van der Waals surface area contributed by atoms with Crippen LogP contribution in [0, 0.1) is 0 Å². The highest BCUT2D eigenvalue weighted by atomic mass is 79.9. The van der Waals surface area contributed by atoms with Crippen LogP contribution in [0.1, 0.15) is 16.8 Å². The van der Waals surface area contributed by atoms with Crippen molar-refractivity contribution in [1.29, 1.82) is 0 Å². The fourth-order valence-corrected chi connectivity index (χ4v) is 3.73. The monoisotopic (exact) mass is 430 g/mol. The third-order valence-corrected chi connectivity index (χ3v) is 5.17. The van der Waals surface area contributed by atoms with E-state index in [2.05, 4.69) is 36.4 Å². The second-order valence-electron chi connectivity index (χ2n) is 5.63. The van der Waals surface area contributed by atoms with E-state index in [0.717, 1.165) is 28.0 Å². The van der Waals surface area contributed by atoms with Gasteiger partial charge in [0.2, 0.25) is 0 Å². The molecule has 0 aliphatic rings. The molecule has 0 aliphatic carbocycles. The number of aryl methyl sites for hydroxylation is 1. The number of hydrogen-bond acceptors (Lipinski definition) is 5. The fraction of sp³-hybridized carbons (Fsp3) is 0.176.